The third kappa shape index (κ3) is 4.05. The molecule has 1 aliphatic rings. The number of fused-ring (bicyclic) bond motifs is 1. The molecule has 3 atom stereocenters. The van der Waals surface area contributed by atoms with Crippen molar-refractivity contribution in [2.75, 3.05) is 0 Å². The lowest BCUT2D eigenvalue weighted by atomic mass is 9.80. The number of carbonyl (C=O) groups excluding carboxylic acids is 3. The van der Waals surface area contributed by atoms with Gasteiger partial charge in [0.1, 0.15) is 24.2 Å². The van der Waals surface area contributed by atoms with Gasteiger partial charge in [-0.2, -0.15) is 5.26 Å². The van der Waals surface area contributed by atoms with Gasteiger partial charge in [-0.3, -0.25) is 14.4 Å². The van der Waals surface area contributed by atoms with Crippen molar-refractivity contribution in [3.8, 4) is 11.8 Å². The molecular weight excluding hydrogens is 322 g/mol. The molecule has 0 saturated heterocycles. The smallest absolute Gasteiger partial charge is 0.313 e. The molecule has 0 saturated carbocycles. The van der Waals surface area contributed by atoms with E-state index in [2.05, 4.69) is 0 Å². The zero-order valence-electron chi connectivity index (χ0n) is 14.5. The third-order valence-corrected chi connectivity index (χ3v) is 4.10. The van der Waals surface area contributed by atoms with Crippen LogP contribution in [0.25, 0.3) is 0 Å². The Hall–Kier alpha value is -2.68. The van der Waals surface area contributed by atoms with Gasteiger partial charge in [0, 0.05) is 0 Å². The summed E-state index contributed by atoms with van der Waals surface area (Å²) < 4.78 is 10.8. The average molecular weight is 343 g/mol. The van der Waals surface area contributed by atoms with Gasteiger partial charge in [-0.15, -0.1) is 0 Å². The molecule has 0 amide bonds. The number of hydrogen-bond acceptors (Lipinski definition) is 6. The van der Waals surface area contributed by atoms with E-state index in [0.29, 0.717) is 17.7 Å². The number of carbonyl (C=O) groups is 3. The molecule has 0 fully saturated rings. The highest BCUT2D eigenvalue weighted by atomic mass is 16.5. The number of benzene rings is 1. The largest absolute Gasteiger partial charge is 0.487 e. The number of hydrogen-bond donors (Lipinski definition) is 0. The summed E-state index contributed by atoms with van der Waals surface area (Å²) in [6.45, 7) is 5.16. The van der Waals surface area contributed by atoms with Crippen LogP contribution in [0.5, 0.6) is 5.75 Å². The number of nitriles is 1. The van der Waals surface area contributed by atoms with Crippen molar-refractivity contribution >= 4 is 17.5 Å². The maximum Gasteiger partial charge on any atom is 0.313 e. The average Bonchev–Trinajstić information content (AvgIpc) is 2.55. The standard InChI is InChI=1S/C19H21NO5/c1-4-12(15(21)9-17(22)24-11(2)3)19-14(10-20)18(23)13-7-5-6-8-16(13)25-19/h5-8,11-12,14,19H,4,9H2,1-3H3. The summed E-state index contributed by atoms with van der Waals surface area (Å²) in [4.78, 5) is 36.9. The van der Waals surface area contributed by atoms with Gasteiger partial charge < -0.3 is 9.47 Å². The van der Waals surface area contributed by atoms with E-state index in [1.165, 1.54) is 0 Å². The van der Waals surface area contributed by atoms with Gasteiger partial charge in [0.15, 0.2) is 11.6 Å². The molecule has 1 heterocycles. The van der Waals surface area contributed by atoms with E-state index >= 15 is 0 Å². The molecule has 0 bridgehead atoms. The lowest BCUT2D eigenvalue weighted by molar-refractivity contribution is -0.150. The summed E-state index contributed by atoms with van der Waals surface area (Å²) in [5, 5.41) is 9.43. The summed E-state index contributed by atoms with van der Waals surface area (Å²) in [5.41, 5.74) is 0.340. The normalized spacial score (nSPS) is 20.2. The highest BCUT2D eigenvalue weighted by molar-refractivity contribution is 6.04. The Bertz CT molecular complexity index is 719. The highest BCUT2D eigenvalue weighted by Gasteiger charge is 2.43. The molecule has 0 aromatic heterocycles. The van der Waals surface area contributed by atoms with Crippen molar-refractivity contribution < 1.29 is 23.9 Å². The number of ketones is 2. The number of rotatable bonds is 6. The second kappa shape index (κ2) is 7.93. The maximum absolute atomic E-state index is 12.6. The second-order valence-electron chi connectivity index (χ2n) is 6.25. The van der Waals surface area contributed by atoms with Crippen LogP contribution >= 0.6 is 0 Å². The van der Waals surface area contributed by atoms with Gasteiger partial charge in [0.25, 0.3) is 0 Å². The summed E-state index contributed by atoms with van der Waals surface area (Å²) in [7, 11) is 0. The Morgan fingerprint density at radius 2 is 2.00 bits per heavy atom. The van der Waals surface area contributed by atoms with Crippen LogP contribution in [0.4, 0.5) is 0 Å². The van der Waals surface area contributed by atoms with E-state index < -0.39 is 30.3 Å². The molecule has 0 radical (unpaired) electrons. The van der Waals surface area contributed by atoms with Crippen LogP contribution in [0.3, 0.4) is 0 Å². The number of nitrogens with zero attached hydrogens (tertiary/aromatic N) is 1. The predicted molar refractivity (Wildman–Crippen MR) is 88.9 cm³/mol. The van der Waals surface area contributed by atoms with Crippen LogP contribution in [0.2, 0.25) is 0 Å². The first-order valence-electron chi connectivity index (χ1n) is 8.30. The van der Waals surface area contributed by atoms with Gasteiger partial charge >= 0.3 is 5.97 Å². The number of para-hydroxylation sites is 1. The van der Waals surface area contributed by atoms with Crippen molar-refractivity contribution in [2.45, 2.75) is 45.8 Å². The van der Waals surface area contributed by atoms with Crippen molar-refractivity contribution in [3.05, 3.63) is 29.8 Å². The van der Waals surface area contributed by atoms with Gasteiger partial charge in [-0.1, -0.05) is 19.1 Å². The van der Waals surface area contributed by atoms with Crippen molar-refractivity contribution in [3.63, 3.8) is 0 Å². The van der Waals surface area contributed by atoms with Crippen molar-refractivity contribution in [2.24, 2.45) is 11.8 Å². The summed E-state index contributed by atoms with van der Waals surface area (Å²) in [6.07, 6.45) is -1.26. The molecule has 0 N–H and O–H groups in total. The second-order valence-corrected chi connectivity index (χ2v) is 6.25. The van der Waals surface area contributed by atoms with E-state index in [-0.39, 0.29) is 17.7 Å². The molecular formula is C19H21NO5. The molecule has 2 rings (SSSR count). The van der Waals surface area contributed by atoms with Crippen LogP contribution in [0.15, 0.2) is 24.3 Å². The van der Waals surface area contributed by atoms with E-state index in [4.69, 9.17) is 9.47 Å². The summed E-state index contributed by atoms with van der Waals surface area (Å²) in [5.74, 6) is -2.81. The Kier molecular flexibility index (Phi) is 5.92. The van der Waals surface area contributed by atoms with Gasteiger partial charge in [0.05, 0.1) is 23.7 Å². The molecule has 1 aliphatic heterocycles. The minimum absolute atomic E-state index is 0.313. The van der Waals surface area contributed by atoms with Crippen LogP contribution in [0, 0.1) is 23.2 Å². The minimum atomic E-state index is -1.08. The minimum Gasteiger partial charge on any atom is -0.487 e. The lowest BCUT2D eigenvalue weighted by Gasteiger charge is -2.33. The fourth-order valence-corrected chi connectivity index (χ4v) is 2.97. The van der Waals surface area contributed by atoms with Crippen LogP contribution in [-0.4, -0.2) is 29.7 Å². The number of ether oxygens (including phenoxy) is 2. The SMILES string of the molecule is CCC(C(=O)CC(=O)OC(C)C)C1Oc2ccccc2C(=O)C1C#N. The highest BCUT2D eigenvalue weighted by Crippen LogP contribution is 2.35. The molecule has 1 aromatic carbocycles. The zero-order valence-corrected chi connectivity index (χ0v) is 14.5. The van der Waals surface area contributed by atoms with Gasteiger partial charge in [-0.05, 0) is 32.4 Å². The predicted octanol–water partition coefficient (Wildman–Crippen LogP) is 2.71. The van der Waals surface area contributed by atoms with Gasteiger partial charge in [-0.25, -0.2) is 0 Å². The Labute approximate surface area is 146 Å². The first-order valence-corrected chi connectivity index (χ1v) is 8.30. The Balaban J connectivity index is 2.24. The monoisotopic (exact) mass is 343 g/mol. The fraction of sp³-hybridized carbons (Fsp3) is 0.474. The molecule has 3 unspecified atom stereocenters. The molecule has 6 heteroatoms. The number of Topliss-reactive ketones (excluding diaryl/α,β-unsaturated/α-hetero) is 2. The van der Waals surface area contributed by atoms with E-state index in [9.17, 15) is 19.6 Å². The molecule has 6 nitrogen and oxygen atoms in total. The van der Waals surface area contributed by atoms with Gasteiger partial charge in [0.2, 0.25) is 0 Å². The van der Waals surface area contributed by atoms with Crippen LogP contribution in [0.1, 0.15) is 44.0 Å². The first kappa shape index (κ1) is 18.7. The lowest BCUT2D eigenvalue weighted by Crippen LogP contribution is -2.45. The summed E-state index contributed by atoms with van der Waals surface area (Å²) in [6, 6.07) is 8.61. The number of esters is 1. The zero-order chi connectivity index (χ0) is 18.6. The van der Waals surface area contributed by atoms with Crippen molar-refractivity contribution in [1.29, 1.82) is 5.26 Å². The molecule has 0 spiro atoms. The third-order valence-electron chi connectivity index (χ3n) is 4.10. The Morgan fingerprint density at radius 3 is 2.60 bits per heavy atom. The summed E-state index contributed by atoms with van der Waals surface area (Å²) >= 11 is 0. The quantitative estimate of drug-likeness (QED) is 0.582. The fourth-order valence-electron chi connectivity index (χ4n) is 2.97. The molecule has 1 aromatic rings. The molecule has 132 valence electrons. The van der Waals surface area contributed by atoms with Crippen molar-refractivity contribution in [1.82, 2.24) is 0 Å². The topological polar surface area (TPSA) is 93.5 Å². The molecule has 25 heavy (non-hydrogen) atoms. The van der Waals surface area contributed by atoms with Crippen LogP contribution < -0.4 is 4.74 Å². The maximum atomic E-state index is 12.6. The Morgan fingerprint density at radius 1 is 1.32 bits per heavy atom. The first-order chi connectivity index (χ1) is 11.9. The van der Waals surface area contributed by atoms with Crippen LogP contribution in [-0.2, 0) is 14.3 Å². The molecule has 0 aliphatic carbocycles. The van der Waals surface area contributed by atoms with E-state index in [0.717, 1.165) is 0 Å². The van der Waals surface area contributed by atoms with E-state index in [1.54, 1.807) is 45.0 Å². The van der Waals surface area contributed by atoms with E-state index in [1.807, 2.05) is 6.07 Å².